The summed E-state index contributed by atoms with van der Waals surface area (Å²) in [6.07, 6.45) is 0. The maximum absolute atomic E-state index is 11.2. The van der Waals surface area contributed by atoms with E-state index in [0.717, 1.165) is 11.3 Å². The number of hydrogen-bond acceptors (Lipinski definition) is 5. The molecule has 1 aromatic heterocycles. The first-order valence-electron chi connectivity index (χ1n) is 5.59. The molecule has 0 amide bonds. The number of phenols is 1. The summed E-state index contributed by atoms with van der Waals surface area (Å²) in [4.78, 5) is 22.0. The quantitative estimate of drug-likeness (QED) is 0.779. The van der Waals surface area contributed by atoms with Gasteiger partial charge in [-0.1, -0.05) is 11.6 Å². The van der Waals surface area contributed by atoms with Crippen molar-refractivity contribution in [3.05, 3.63) is 34.2 Å². The lowest BCUT2D eigenvalue weighted by Gasteiger charge is -2.03. The number of aromatic hydroxyl groups is 1. The Balaban J connectivity index is 2.48. The Morgan fingerprint density at radius 1 is 1.19 bits per heavy atom. The average molecular weight is 329 g/mol. The van der Waals surface area contributed by atoms with Crippen LogP contribution in [-0.4, -0.2) is 33.9 Å². The average Bonchev–Trinajstić information content (AvgIpc) is 2.75. The number of rotatable bonds is 5. The van der Waals surface area contributed by atoms with Gasteiger partial charge in [0, 0.05) is 0 Å². The summed E-state index contributed by atoms with van der Waals surface area (Å²) in [6.45, 7) is -0.689. The van der Waals surface area contributed by atoms with E-state index in [1.54, 1.807) is 12.1 Å². The van der Waals surface area contributed by atoms with Crippen molar-refractivity contribution in [2.75, 3.05) is 6.61 Å². The van der Waals surface area contributed by atoms with E-state index < -0.39 is 18.5 Å². The molecule has 0 aliphatic heterocycles. The molecule has 1 aromatic carbocycles. The van der Waals surface area contributed by atoms with Gasteiger partial charge in [0.25, 0.3) is 0 Å². The van der Waals surface area contributed by atoms with Crippen LogP contribution >= 0.6 is 22.9 Å². The molecule has 21 heavy (non-hydrogen) atoms. The minimum Gasteiger partial charge on any atom is -0.508 e. The van der Waals surface area contributed by atoms with Gasteiger partial charge in [-0.05, 0) is 29.8 Å². The number of thiophene rings is 1. The third kappa shape index (κ3) is 3.26. The van der Waals surface area contributed by atoms with Gasteiger partial charge in [0.05, 0.1) is 4.88 Å². The standard InChI is InChI=1S/C13H9ClO6S/c14-9-10(20-5-8(16)17)12(13(18)19)21-11(9)6-1-3-7(15)4-2-6/h1-4,15H,5H2,(H,16,17)(H,18,19). The number of aliphatic carboxylic acids is 1. The molecular formula is C13H9ClO6S. The first kappa shape index (κ1) is 15.1. The van der Waals surface area contributed by atoms with Crippen molar-refractivity contribution < 1.29 is 29.6 Å². The normalized spacial score (nSPS) is 10.3. The van der Waals surface area contributed by atoms with Gasteiger partial charge in [-0.25, -0.2) is 9.59 Å². The highest BCUT2D eigenvalue weighted by atomic mass is 35.5. The predicted octanol–water partition coefficient (Wildman–Crippen LogP) is 2.94. The second-order valence-electron chi connectivity index (χ2n) is 3.94. The van der Waals surface area contributed by atoms with E-state index in [-0.39, 0.29) is 21.4 Å². The number of carboxylic acid groups (broad SMARTS) is 2. The SMILES string of the molecule is O=C(O)COc1c(C(=O)O)sc(-c2ccc(O)cc2)c1Cl. The van der Waals surface area contributed by atoms with Crippen LogP contribution in [-0.2, 0) is 4.79 Å². The second-order valence-corrected chi connectivity index (χ2v) is 5.34. The maximum Gasteiger partial charge on any atom is 0.349 e. The predicted molar refractivity (Wildman–Crippen MR) is 76.5 cm³/mol. The molecule has 8 heteroatoms. The number of phenolic OH excluding ortho intramolecular Hbond substituents is 1. The van der Waals surface area contributed by atoms with Crippen LogP contribution < -0.4 is 4.74 Å². The van der Waals surface area contributed by atoms with Crippen molar-refractivity contribution in [2.45, 2.75) is 0 Å². The van der Waals surface area contributed by atoms with Crippen LogP contribution in [0, 0.1) is 0 Å². The molecular weight excluding hydrogens is 320 g/mol. The number of benzene rings is 1. The van der Waals surface area contributed by atoms with Crippen molar-refractivity contribution in [2.24, 2.45) is 0 Å². The second kappa shape index (κ2) is 6.02. The van der Waals surface area contributed by atoms with E-state index in [1.165, 1.54) is 12.1 Å². The van der Waals surface area contributed by atoms with Crippen LogP contribution in [0.25, 0.3) is 10.4 Å². The highest BCUT2D eigenvalue weighted by Crippen LogP contribution is 2.45. The molecule has 6 nitrogen and oxygen atoms in total. The lowest BCUT2D eigenvalue weighted by atomic mass is 10.2. The first-order chi connectivity index (χ1) is 9.90. The van der Waals surface area contributed by atoms with Gasteiger partial charge >= 0.3 is 11.9 Å². The van der Waals surface area contributed by atoms with Gasteiger partial charge in [0.2, 0.25) is 0 Å². The first-order valence-corrected chi connectivity index (χ1v) is 6.79. The molecule has 0 unspecified atom stereocenters. The third-order valence-electron chi connectivity index (χ3n) is 2.47. The largest absolute Gasteiger partial charge is 0.508 e. The third-order valence-corrected chi connectivity index (χ3v) is 4.15. The Hall–Kier alpha value is -2.25. The Kier molecular flexibility index (Phi) is 4.35. The summed E-state index contributed by atoms with van der Waals surface area (Å²) >= 11 is 6.97. The Labute approximate surface area is 127 Å². The molecule has 0 saturated carbocycles. The van der Waals surface area contributed by atoms with Gasteiger partial charge < -0.3 is 20.1 Å². The molecule has 0 aliphatic rings. The lowest BCUT2D eigenvalue weighted by Crippen LogP contribution is -2.10. The van der Waals surface area contributed by atoms with E-state index >= 15 is 0 Å². The van der Waals surface area contributed by atoms with Crippen LogP contribution in [0.2, 0.25) is 5.02 Å². The topological polar surface area (TPSA) is 104 Å². The molecule has 0 spiro atoms. The Morgan fingerprint density at radius 2 is 1.81 bits per heavy atom. The van der Waals surface area contributed by atoms with Crippen molar-refractivity contribution in [1.82, 2.24) is 0 Å². The molecule has 1 heterocycles. The summed E-state index contributed by atoms with van der Waals surface area (Å²) in [5.74, 6) is -2.60. The molecule has 0 bridgehead atoms. The number of hydrogen-bond donors (Lipinski definition) is 3. The maximum atomic E-state index is 11.2. The fourth-order valence-electron chi connectivity index (χ4n) is 1.60. The number of ether oxygens (including phenoxy) is 1. The fourth-order valence-corrected chi connectivity index (χ4v) is 3.01. The van der Waals surface area contributed by atoms with E-state index in [0.29, 0.717) is 10.4 Å². The number of carbonyl (C=O) groups is 2. The molecule has 2 rings (SSSR count). The van der Waals surface area contributed by atoms with E-state index in [1.807, 2.05) is 0 Å². The summed E-state index contributed by atoms with van der Waals surface area (Å²) in [7, 11) is 0. The zero-order valence-electron chi connectivity index (χ0n) is 10.4. The zero-order valence-corrected chi connectivity index (χ0v) is 11.9. The highest BCUT2D eigenvalue weighted by molar-refractivity contribution is 7.18. The summed E-state index contributed by atoms with van der Waals surface area (Å²) in [5, 5.41) is 27.0. The molecule has 110 valence electrons. The van der Waals surface area contributed by atoms with Crippen molar-refractivity contribution in [1.29, 1.82) is 0 Å². The Bertz CT molecular complexity index is 691. The summed E-state index contributed by atoms with van der Waals surface area (Å²) < 4.78 is 4.97. The van der Waals surface area contributed by atoms with Gasteiger partial charge in [0.1, 0.15) is 10.8 Å². The summed E-state index contributed by atoms with van der Waals surface area (Å²) in [6, 6.07) is 6.01. The highest BCUT2D eigenvalue weighted by Gasteiger charge is 2.24. The molecule has 0 radical (unpaired) electrons. The molecule has 3 N–H and O–H groups in total. The monoisotopic (exact) mass is 328 g/mol. The van der Waals surface area contributed by atoms with Gasteiger partial charge in [-0.2, -0.15) is 0 Å². The smallest absolute Gasteiger partial charge is 0.349 e. The molecule has 0 saturated heterocycles. The number of carboxylic acids is 2. The van der Waals surface area contributed by atoms with E-state index in [2.05, 4.69) is 0 Å². The van der Waals surface area contributed by atoms with Crippen LogP contribution in [0.1, 0.15) is 9.67 Å². The Morgan fingerprint density at radius 3 is 2.33 bits per heavy atom. The molecule has 0 fully saturated rings. The van der Waals surface area contributed by atoms with Crippen LogP contribution in [0.3, 0.4) is 0 Å². The summed E-state index contributed by atoms with van der Waals surface area (Å²) in [5.41, 5.74) is 0.593. The van der Waals surface area contributed by atoms with Crippen molar-refractivity contribution >= 4 is 34.9 Å². The van der Waals surface area contributed by atoms with Crippen molar-refractivity contribution in [3.8, 4) is 21.9 Å². The molecule has 2 aromatic rings. The van der Waals surface area contributed by atoms with Crippen LogP contribution in [0.4, 0.5) is 0 Å². The number of halogens is 1. The minimum atomic E-state index is -1.26. The zero-order chi connectivity index (χ0) is 15.6. The van der Waals surface area contributed by atoms with E-state index in [9.17, 15) is 14.7 Å². The van der Waals surface area contributed by atoms with Crippen LogP contribution in [0.5, 0.6) is 11.5 Å². The minimum absolute atomic E-state index is 0.0318. The van der Waals surface area contributed by atoms with E-state index in [4.69, 9.17) is 26.6 Å². The molecule has 0 atom stereocenters. The lowest BCUT2D eigenvalue weighted by molar-refractivity contribution is -0.139. The van der Waals surface area contributed by atoms with Crippen molar-refractivity contribution in [3.63, 3.8) is 0 Å². The molecule has 0 aliphatic carbocycles. The van der Waals surface area contributed by atoms with Crippen LogP contribution in [0.15, 0.2) is 24.3 Å². The number of aromatic carboxylic acids is 1. The fraction of sp³-hybridized carbons (Fsp3) is 0.0769. The van der Waals surface area contributed by atoms with Gasteiger partial charge in [-0.3, -0.25) is 0 Å². The van der Waals surface area contributed by atoms with Gasteiger partial charge in [0.15, 0.2) is 17.2 Å². The van der Waals surface area contributed by atoms with Gasteiger partial charge in [-0.15, -0.1) is 11.3 Å².